The minimum Gasteiger partial charge on any atom is -0.478 e. The van der Waals surface area contributed by atoms with Gasteiger partial charge in [0, 0.05) is 24.2 Å². The summed E-state index contributed by atoms with van der Waals surface area (Å²) in [5.41, 5.74) is 1.68. The van der Waals surface area contributed by atoms with E-state index in [0.29, 0.717) is 18.9 Å². The second-order valence-corrected chi connectivity index (χ2v) is 5.06. The van der Waals surface area contributed by atoms with Crippen LogP contribution < -0.4 is 4.74 Å². The van der Waals surface area contributed by atoms with Gasteiger partial charge in [-0.1, -0.05) is 24.8 Å². The zero-order chi connectivity index (χ0) is 14.4. The molecular formula is C16H21NO3. The molecule has 0 saturated heterocycles. The van der Waals surface area contributed by atoms with Crippen molar-refractivity contribution < 1.29 is 14.3 Å². The Hall–Kier alpha value is -1.81. The van der Waals surface area contributed by atoms with Gasteiger partial charge < -0.3 is 9.47 Å². The first-order chi connectivity index (χ1) is 9.66. The second kappa shape index (κ2) is 7.10. The average molecular weight is 275 g/mol. The van der Waals surface area contributed by atoms with E-state index < -0.39 is 0 Å². The van der Waals surface area contributed by atoms with Crippen LogP contribution in [0.1, 0.15) is 25.3 Å². The Morgan fingerprint density at radius 2 is 2.20 bits per heavy atom. The van der Waals surface area contributed by atoms with Gasteiger partial charge in [-0.25, -0.2) is 4.79 Å². The lowest BCUT2D eigenvalue weighted by atomic mass is 10.1. The van der Waals surface area contributed by atoms with Gasteiger partial charge in [0.1, 0.15) is 12.5 Å². The first-order valence-corrected chi connectivity index (χ1v) is 6.92. The van der Waals surface area contributed by atoms with Crippen LogP contribution in [-0.2, 0) is 16.1 Å². The Balaban J connectivity index is 1.64. The molecule has 1 aliphatic rings. The van der Waals surface area contributed by atoms with E-state index in [1.165, 1.54) is 5.56 Å². The molecule has 0 aromatic heterocycles. The summed E-state index contributed by atoms with van der Waals surface area (Å²) in [5.74, 6) is 0.680. The lowest BCUT2D eigenvalue weighted by Gasteiger charge is -2.28. The topological polar surface area (TPSA) is 38.8 Å². The van der Waals surface area contributed by atoms with Gasteiger partial charge in [0.15, 0.2) is 0 Å². The molecule has 20 heavy (non-hydrogen) atoms. The number of esters is 1. The monoisotopic (exact) mass is 275 g/mol. The fraction of sp³-hybridized carbons (Fsp3) is 0.438. The highest BCUT2D eigenvalue weighted by Gasteiger charge is 2.15. The maximum absolute atomic E-state index is 11.2. The molecule has 1 aromatic carbocycles. The molecule has 1 aliphatic heterocycles. The number of carbonyl (C=O) groups is 1. The van der Waals surface area contributed by atoms with Crippen LogP contribution in [0.4, 0.5) is 0 Å². The molecule has 0 bridgehead atoms. The van der Waals surface area contributed by atoms with Crippen molar-refractivity contribution in [3.63, 3.8) is 0 Å². The molecule has 0 atom stereocenters. The van der Waals surface area contributed by atoms with Crippen LogP contribution in [0.25, 0.3) is 0 Å². The van der Waals surface area contributed by atoms with Crippen LogP contribution in [0.2, 0.25) is 0 Å². The van der Waals surface area contributed by atoms with Crippen LogP contribution >= 0.6 is 0 Å². The third-order valence-electron chi connectivity index (χ3n) is 3.22. The van der Waals surface area contributed by atoms with Crippen LogP contribution in [-0.4, -0.2) is 30.8 Å². The average Bonchev–Trinajstić information content (AvgIpc) is 2.46. The largest absolute Gasteiger partial charge is 0.478 e. The van der Waals surface area contributed by atoms with Crippen molar-refractivity contribution >= 4 is 5.97 Å². The SMILES string of the molecule is C=C(C)C(=O)OCCCCN1COc2ccccc2C1. The van der Waals surface area contributed by atoms with Crippen LogP contribution in [0, 0.1) is 0 Å². The van der Waals surface area contributed by atoms with Gasteiger partial charge in [0.2, 0.25) is 0 Å². The number of ether oxygens (including phenoxy) is 2. The van der Waals surface area contributed by atoms with Gasteiger partial charge in [-0.2, -0.15) is 0 Å². The summed E-state index contributed by atoms with van der Waals surface area (Å²) in [7, 11) is 0. The molecule has 0 N–H and O–H groups in total. The zero-order valence-electron chi connectivity index (χ0n) is 11.9. The molecular weight excluding hydrogens is 254 g/mol. The van der Waals surface area contributed by atoms with Gasteiger partial charge in [0.25, 0.3) is 0 Å². The number of carbonyl (C=O) groups excluding carboxylic acids is 1. The van der Waals surface area contributed by atoms with E-state index >= 15 is 0 Å². The van der Waals surface area contributed by atoms with Gasteiger partial charge in [-0.15, -0.1) is 0 Å². The first-order valence-electron chi connectivity index (χ1n) is 6.92. The van der Waals surface area contributed by atoms with Crippen molar-refractivity contribution in [2.45, 2.75) is 26.3 Å². The molecule has 0 saturated carbocycles. The smallest absolute Gasteiger partial charge is 0.333 e. The molecule has 0 aliphatic carbocycles. The van der Waals surface area contributed by atoms with E-state index in [1.54, 1.807) is 6.92 Å². The van der Waals surface area contributed by atoms with Gasteiger partial charge in [-0.05, 0) is 25.8 Å². The third kappa shape index (κ3) is 4.10. The maximum Gasteiger partial charge on any atom is 0.333 e. The van der Waals surface area contributed by atoms with Crippen molar-refractivity contribution in [3.05, 3.63) is 42.0 Å². The lowest BCUT2D eigenvalue weighted by Crippen LogP contribution is -2.32. The van der Waals surface area contributed by atoms with Gasteiger partial charge in [0.05, 0.1) is 6.61 Å². The second-order valence-electron chi connectivity index (χ2n) is 5.06. The summed E-state index contributed by atoms with van der Waals surface area (Å²) in [6.45, 7) is 8.15. The van der Waals surface area contributed by atoms with Gasteiger partial charge in [-0.3, -0.25) is 4.90 Å². The van der Waals surface area contributed by atoms with Crippen LogP contribution in [0.3, 0.4) is 0 Å². The fourth-order valence-electron chi connectivity index (χ4n) is 2.09. The Bertz CT molecular complexity index is 484. The Kier molecular flexibility index (Phi) is 5.18. The minimum absolute atomic E-state index is 0.305. The summed E-state index contributed by atoms with van der Waals surface area (Å²) in [6, 6.07) is 8.12. The highest BCUT2D eigenvalue weighted by molar-refractivity contribution is 5.86. The molecule has 0 spiro atoms. The molecule has 108 valence electrons. The van der Waals surface area contributed by atoms with E-state index in [1.807, 2.05) is 18.2 Å². The molecule has 0 radical (unpaired) electrons. The number of hydrogen-bond donors (Lipinski definition) is 0. The standard InChI is InChI=1S/C16H21NO3/c1-13(2)16(18)19-10-6-5-9-17-11-14-7-3-4-8-15(14)20-12-17/h3-4,7-8H,1,5-6,9-12H2,2H3. The van der Waals surface area contributed by atoms with E-state index in [-0.39, 0.29) is 5.97 Å². The Morgan fingerprint density at radius 3 is 3.00 bits per heavy atom. The van der Waals surface area contributed by atoms with Crippen LogP contribution in [0.15, 0.2) is 36.4 Å². The van der Waals surface area contributed by atoms with E-state index in [9.17, 15) is 4.79 Å². The number of hydrogen-bond acceptors (Lipinski definition) is 4. The molecule has 0 unspecified atom stereocenters. The zero-order valence-corrected chi connectivity index (χ0v) is 11.9. The Labute approximate surface area is 120 Å². The first kappa shape index (κ1) is 14.6. The molecule has 0 amide bonds. The number of rotatable bonds is 6. The predicted octanol–water partition coefficient (Wildman–Crippen LogP) is 2.74. The van der Waals surface area contributed by atoms with E-state index in [0.717, 1.165) is 31.7 Å². The molecule has 0 fully saturated rings. The predicted molar refractivity (Wildman–Crippen MR) is 77.4 cm³/mol. The van der Waals surface area contributed by atoms with Crippen molar-refractivity contribution in [1.29, 1.82) is 0 Å². The van der Waals surface area contributed by atoms with Crippen LogP contribution in [0.5, 0.6) is 5.75 Å². The number of nitrogens with zero attached hydrogens (tertiary/aromatic N) is 1. The van der Waals surface area contributed by atoms with Crippen molar-refractivity contribution in [2.24, 2.45) is 0 Å². The normalized spacial score (nSPS) is 14.2. The highest BCUT2D eigenvalue weighted by Crippen LogP contribution is 2.24. The van der Waals surface area contributed by atoms with E-state index in [2.05, 4.69) is 17.5 Å². The maximum atomic E-state index is 11.2. The summed E-state index contributed by atoms with van der Waals surface area (Å²) in [5, 5.41) is 0. The summed E-state index contributed by atoms with van der Waals surface area (Å²) in [6.07, 6.45) is 1.84. The van der Waals surface area contributed by atoms with E-state index in [4.69, 9.17) is 9.47 Å². The third-order valence-corrected chi connectivity index (χ3v) is 3.22. The fourth-order valence-corrected chi connectivity index (χ4v) is 2.09. The molecule has 1 heterocycles. The molecule has 2 rings (SSSR count). The van der Waals surface area contributed by atoms with Gasteiger partial charge >= 0.3 is 5.97 Å². The van der Waals surface area contributed by atoms with Crippen molar-refractivity contribution in [3.8, 4) is 5.75 Å². The van der Waals surface area contributed by atoms with Crippen molar-refractivity contribution in [1.82, 2.24) is 4.90 Å². The Morgan fingerprint density at radius 1 is 1.40 bits per heavy atom. The number of para-hydroxylation sites is 1. The number of unbranched alkanes of at least 4 members (excludes halogenated alkanes) is 1. The quantitative estimate of drug-likeness (QED) is 0.454. The summed E-state index contributed by atoms with van der Waals surface area (Å²) < 4.78 is 10.8. The number of benzene rings is 1. The minimum atomic E-state index is -0.305. The lowest BCUT2D eigenvalue weighted by molar-refractivity contribution is -0.139. The number of fused-ring (bicyclic) bond motifs is 1. The summed E-state index contributed by atoms with van der Waals surface area (Å²) >= 11 is 0. The summed E-state index contributed by atoms with van der Waals surface area (Å²) in [4.78, 5) is 13.4. The molecule has 1 aromatic rings. The molecule has 4 nitrogen and oxygen atoms in total. The van der Waals surface area contributed by atoms with Crippen molar-refractivity contribution in [2.75, 3.05) is 19.9 Å². The highest BCUT2D eigenvalue weighted by atomic mass is 16.5. The molecule has 4 heteroatoms.